The lowest BCUT2D eigenvalue weighted by Gasteiger charge is -2.20. The first-order chi connectivity index (χ1) is 10.6. The summed E-state index contributed by atoms with van der Waals surface area (Å²) in [6.45, 7) is 2.85. The Labute approximate surface area is 135 Å². The molecule has 126 valence electrons. The molecule has 0 saturated carbocycles. The van der Waals surface area contributed by atoms with Gasteiger partial charge in [0.2, 0.25) is 0 Å². The summed E-state index contributed by atoms with van der Waals surface area (Å²) in [6, 6.07) is 0.522. The second-order valence-electron chi connectivity index (χ2n) is 6.28. The maximum Gasteiger partial charge on any atom is 0.139 e. The Morgan fingerprint density at radius 2 is 1.73 bits per heavy atom. The van der Waals surface area contributed by atoms with Crippen molar-refractivity contribution in [2.75, 3.05) is 40.5 Å². The van der Waals surface area contributed by atoms with Crippen molar-refractivity contribution < 1.29 is 23.7 Å². The molecule has 2 aliphatic heterocycles. The molecular weight excluding hydrogens is 284 g/mol. The summed E-state index contributed by atoms with van der Waals surface area (Å²) in [5.74, 6) is 0. The summed E-state index contributed by atoms with van der Waals surface area (Å²) < 4.78 is 28.2. The molecule has 0 aromatic heterocycles. The van der Waals surface area contributed by atoms with Gasteiger partial charge < -0.3 is 29.0 Å². The van der Waals surface area contributed by atoms with Gasteiger partial charge >= 0.3 is 0 Å². The Balaban J connectivity index is 1.59. The number of methoxy groups -OCH3 is 2. The largest absolute Gasteiger partial charge is 0.382 e. The van der Waals surface area contributed by atoms with Crippen LogP contribution in [-0.4, -0.2) is 92.6 Å². The minimum atomic E-state index is 0.0527. The predicted octanol–water partition coefficient (Wildman–Crippen LogP) is -1.88. The number of ether oxygens (including phenoxy) is 5. The van der Waals surface area contributed by atoms with Crippen molar-refractivity contribution >= 4 is 15.7 Å². The highest BCUT2D eigenvalue weighted by Gasteiger charge is 2.34. The Morgan fingerprint density at radius 1 is 1.05 bits per heavy atom. The molecule has 2 heterocycles. The van der Waals surface area contributed by atoms with E-state index < -0.39 is 0 Å². The number of hydrogen-bond acceptors (Lipinski definition) is 6. The number of hydrogen-bond donors (Lipinski definition) is 1. The van der Waals surface area contributed by atoms with E-state index in [-0.39, 0.29) is 36.4 Å². The standard InChI is InChI=1S/C14H29B2NO5/c1-18-8-12-10(6-14(16)22-12)20-4-3-17-7-11-9(19-2)5-13(15)21-11/h9-14,17H,3-8,15-16H2,1-2H3/t9?,10?,11-,12-,13-,14-/m1/s1. The SMILES string of the molecule is B[C@H]1CC(OC)[C@@H](CNCCOC2C[C@H](B)O[C@@H]2COC)O1. The molecule has 0 amide bonds. The van der Waals surface area contributed by atoms with E-state index in [0.717, 1.165) is 25.9 Å². The summed E-state index contributed by atoms with van der Waals surface area (Å²) in [6.07, 6.45) is 2.41. The van der Waals surface area contributed by atoms with Gasteiger partial charge in [-0.05, 0) is 12.8 Å². The molecule has 2 aliphatic rings. The van der Waals surface area contributed by atoms with Gasteiger partial charge in [-0.3, -0.25) is 0 Å². The van der Waals surface area contributed by atoms with E-state index in [4.69, 9.17) is 23.7 Å². The molecule has 0 aliphatic carbocycles. The summed E-state index contributed by atoms with van der Waals surface area (Å²) in [5.41, 5.74) is 0. The molecule has 1 N–H and O–H groups in total. The zero-order chi connectivity index (χ0) is 15.9. The van der Waals surface area contributed by atoms with E-state index in [1.54, 1.807) is 14.2 Å². The summed E-state index contributed by atoms with van der Waals surface area (Å²) in [4.78, 5) is 0. The average Bonchev–Trinajstić information content (AvgIpc) is 3.01. The summed E-state index contributed by atoms with van der Waals surface area (Å²) in [7, 11) is 7.61. The third-order valence-electron chi connectivity index (χ3n) is 4.36. The minimum Gasteiger partial charge on any atom is -0.382 e. The van der Waals surface area contributed by atoms with Crippen molar-refractivity contribution in [3.63, 3.8) is 0 Å². The molecule has 2 saturated heterocycles. The van der Waals surface area contributed by atoms with Crippen LogP contribution in [0.3, 0.4) is 0 Å². The Kier molecular flexibility index (Phi) is 7.67. The molecule has 0 aromatic rings. The van der Waals surface area contributed by atoms with Gasteiger partial charge in [-0.15, -0.1) is 0 Å². The fourth-order valence-corrected chi connectivity index (χ4v) is 3.28. The molecular formula is C14H29B2NO5. The maximum atomic E-state index is 5.94. The lowest BCUT2D eigenvalue weighted by atomic mass is 9.96. The van der Waals surface area contributed by atoms with Crippen LogP contribution in [0.4, 0.5) is 0 Å². The van der Waals surface area contributed by atoms with Gasteiger partial charge in [-0.25, -0.2) is 0 Å². The molecule has 2 unspecified atom stereocenters. The first-order valence-electron chi connectivity index (χ1n) is 8.29. The second kappa shape index (κ2) is 9.25. The molecule has 6 atom stereocenters. The molecule has 0 aromatic carbocycles. The topological polar surface area (TPSA) is 58.2 Å². The van der Waals surface area contributed by atoms with Crippen molar-refractivity contribution in [3.8, 4) is 0 Å². The maximum absolute atomic E-state index is 5.94. The predicted molar refractivity (Wildman–Crippen MR) is 88.9 cm³/mol. The number of rotatable bonds is 9. The highest BCUT2D eigenvalue weighted by molar-refractivity contribution is 6.11. The van der Waals surface area contributed by atoms with Crippen molar-refractivity contribution in [1.29, 1.82) is 0 Å². The normalized spacial score (nSPS) is 38.6. The first-order valence-corrected chi connectivity index (χ1v) is 8.29. The third kappa shape index (κ3) is 5.22. The number of nitrogens with one attached hydrogen (secondary N) is 1. The fourth-order valence-electron chi connectivity index (χ4n) is 3.28. The molecule has 0 radical (unpaired) electrons. The minimum absolute atomic E-state index is 0.0527. The first kappa shape index (κ1) is 18.2. The molecule has 8 heteroatoms. The van der Waals surface area contributed by atoms with Gasteiger partial charge in [0.1, 0.15) is 21.8 Å². The molecule has 6 nitrogen and oxygen atoms in total. The highest BCUT2D eigenvalue weighted by Crippen LogP contribution is 2.22. The summed E-state index contributed by atoms with van der Waals surface area (Å²) >= 11 is 0. The van der Waals surface area contributed by atoms with Crippen molar-refractivity contribution in [1.82, 2.24) is 5.32 Å². The van der Waals surface area contributed by atoms with Crippen molar-refractivity contribution in [2.24, 2.45) is 0 Å². The van der Waals surface area contributed by atoms with E-state index in [2.05, 4.69) is 21.0 Å². The fraction of sp³-hybridized carbons (Fsp3) is 1.00. The van der Waals surface area contributed by atoms with E-state index in [9.17, 15) is 0 Å². The van der Waals surface area contributed by atoms with Gasteiger partial charge in [0.15, 0.2) is 0 Å². The molecule has 0 bridgehead atoms. The monoisotopic (exact) mass is 313 g/mol. The van der Waals surface area contributed by atoms with E-state index in [1.165, 1.54) is 0 Å². The van der Waals surface area contributed by atoms with Crippen LogP contribution in [0, 0.1) is 0 Å². The van der Waals surface area contributed by atoms with Crippen molar-refractivity contribution in [3.05, 3.63) is 0 Å². The zero-order valence-corrected chi connectivity index (χ0v) is 14.2. The van der Waals surface area contributed by atoms with Crippen LogP contribution in [-0.2, 0) is 23.7 Å². The van der Waals surface area contributed by atoms with Crippen LogP contribution in [0.2, 0.25) is 0 Å². The van der Waals surface area contributed by atoms with Crippen LogP contribution in [0.25, 0.3) is 0 Å². The van der Waals surface area contributed by atoms with Gasteiger partial charge in [-0.2, -0.15) is 0 Å². The van der Waals surface area contributed by atoms with E-state index >= 15 is 0 Å². The third-order valence-corrected chi connectivity index (χ3v) is 4.36. The summed E-state index contributed by atoms with van der Waals surface area (Å²) in [5, 5.41) is 3.39. The van der Waals surface area contributed by atoms with E-state index in [0.29, 0.717) is 13.2 Å². The Bertz CT molecular complexity index is 326. The van der Waals surface area contributed by atoms with E-state index in [1.807, 2.05) is 0 Å². The zero-order valence-electron chi connectivity index (χ0n) is 14.2. The van der Waals surface area contributed by atoms with Gasteiger partial charge in [-0.1, -0.05) is 0 Å². The molecule has 0 spiro atoms. The molecule has 2 fully saturated rings. The molecule has 22 heavy (non-hydrogen) atoms. The molecule has 2 rings (SSSR count). The van der Waals surface area contributed by atoms with Gasteiger partial charge in [0.05, 0.1) is 31.5 Å². The quantitative estimate of drug-likeness (QED) is 0.397. The van der Waals surface area contributed by atoms with Crippen LogP contribution >= 0.6 is 0 Å². The van der Waals surface area contributed by atoms with Crippen LogP contribution in [0.1, 0.15) is 12.8 Å². The van der Waals surface area contributed by atoms with Gasteiger partial charge in [0, 0.05) is 39.3 Å². The highest BCUT2D eigenvalue weighted by atomic mass is 16.6. The lowest BCUT2D eigenvalue weighted by Crippen LogP contribution is -2.37. The van der Waals surface area contributed by atoms with Crippen LogP contribution in [0.5, 0.6) is 0 Å². The smallest absolute Gasteiger partial charge is 0.139 e. The lowest BCUT2D eigenvalue weighted by molar-refractivity contribution is -0.0460. The van der Waals surface area contributed by atoms with Crippen molar-refractivity contribution in [2.45, 2.75) is 49.3 Å². The Hall–Kier alpha value is -0.110. The van der Waals surface area contributed by atoms with Gasteiger partial charge in [0.25, 0.3) is 0 Å². The average molecular weight is 313 g/mol. The van der Waals surface area contributed by atoms with Crippen LogP contribution in [0.15, 0.2) is 0 Å². The second-order valence-corrected chi connectivity index (χ2v) is 6.28. The Morgan fingerprint density at radius 3 is 2.41 bits per heavy atom. The van der Waals surface area contributed by atoms with Crippen LogP contribution < -0.4 is 5.32 Å².